The highest BCUT2D eigenvalue weighted by Gasteiger charge is 2.42. The molecule has 15 nitrogen and oxygen atoms in total. The predicted octanol–water partition coefficient (Wildman–Crippen LogP) is 14.9. The first-order chi connectivity index (χ1) is 38.3. The molecule has 6 aliphatic rings. The molecule has 1 aliphatic carbocycles. The van der Waals surface area contributed by atoms with Gasteiger partial charge in [-0.3, -0.25) is 23.2 Å². The van der Waals surface area contributed by atoms with Gasteiger partial charge in [-0.2, -0.15) is 0 Å². The highest BCUT2D eigenvalue weighted by Crippen LogP contribution is 2.49. The van der Waals surface area contributed by atoms with E-state index in [4.69, 9.17) is 42.8 Å². The fraction of sp³-hybridized carbons (Fsp3) is 0.672. The van der Waals surface area contributed by atoms with Crippen molar-refractivity contribution in [2.24, 2.45) is 26.8 Å². The molecule has 16 heteroatoms. The Morgan fingerprint density at radius 3 is 2.01 bits per heavy atom. The quantitative estimate of drug-likeness (QED) is 0.0264. The van der Waals surface area contributed by atoms with E-state index in [1.165, 1.54) is 71.3 Å². The fourth-order valence-electron chi connectivity index (χ4n) is 11.4. The lowest BCUT2D eigenvalue weighted by molar-refractivity contribution is -0.870. The number of aliphatic hydroxyl groups is 1. The van der Waals surface area contributed by atoms with Gasteiger partial charge in [0.25, 0.3) is 0 Å². The maximum atomic E-state index is 14.2. The van der Waals surface area contributed by atoms with Crippen molar-refractivity contribution in [2.75, 3.05) is 61.2 Å². The first-order valence-corrected chi connectivity index (χ1v) is 32.0. The number of aliphatic hydroxyl groups excluding tert-OH is 1. The Morgan fingerprint density at radius 2 is 1.38 bits per heavy atom. The molecule has 80 heavy (non-hydrogen) atoms. The number of hydrogen-bond donors (Lipinski definition) is 2. The topological polar surface area (TPSA) is 176 Å². The van der Waals surface area contributed by atoms with Crippen molar-refractivity contribution in [3.05, 3.63) is 91.5 Å². The zero-order valence-corrected chi connectivity index (χ0v) is 51.9. The molecule has 0 saturated carbocycles. The Labute approximate surface area is 480 Å². The summed E-state index contributed by atoms with van der Waals surface area (Å²) in [6.45, 7) is 17.7. The van der Waals surface area contributed by atoms with Crippen molar-refractivity contribution < 1.29 is 51.5 Å². The Kier molecular flexibility index (Phi) is 25.3. The number of hydrogen-bond acceptors (Lipinski definition) is 14. The number of nitrogens with zero attached hydrogens (tertiary/aromatic N) is 4. The minimum atomic E-state index is -4.06. The van der Waals surface area contributed by atoms with E-state index in [2.05, 4.69) is 65.9 Å². The summed E-state index contributed by atoms with van der Waals surface area (Å²) in [7, 11) is 3.16. The highest BCUT2D eigenvalue weighted by atomic mass is 31.2. The molecule has 444 valence electrons. The Bertz CT molecular complexity index is 2620. The molecule has 5 unspecified atom stereocenters. The molecule has 0 aromatic rings. The van der Waals surface area contributed by atoms with Crippen molar-refractivity contribution in [3.63, 3.8) is 0 Å². The van der Waals surface area contributed by atoms with Crippen molar-refractivity contribution in [2.45, 2.75) is 209 Å². The standard InChI is InChI=1S/C64H98N5O10P/c1-13-16-18-20-21-22-23-24-25-26-27-28-29-31-59(71)76-41-48(42-78-80(73,74-12)77-36-34-69(9,10)11)79-60(72)33-32-50-44(5)53-38-54-45(6)61(47(8)75-35-30-19-17-14-2)57(66-54)40-52-43(4)49(15-3)56(65-52)39-55-46(7)62-58(70)37-51(63(50)67-53)64(62)68-55/h38-40,44,47-48,50H,13-37,41-42H2,1-12H3,(H-,65,66,67,68,70)/p+1. The molecule has 6 rings (SSSR count). The lowest BCUT2D eigenvalue weighted by Gasteiger charge is -2.25. The van der Waals surface area contributed by atoms with E-state index in [0.29, 0.717) is 30.5 Å². The molecular weight excluding hydrogens is 1030 g/mol. The number of carbonyl (C=O) groups excluding carboxylic acids is 2. The maximum Gasteiger partial charge on any atom is 0.474 e. The van der Waals surface area contributed by atoms with Crippen LogP contribution in [-0.4, -0.2) is 112 Å². The van der Waals surface area contributed by atoms with Gasteiger partial charge in [0.2, 0.25) is 0 Å². The Balaban J connectivity index is 1.20. The second kappa shape index (κ2) is 31.2. The van der Waals surface area contributed by atoms with Crippen molar-refractivity contribution in [3.8, 4) is 0 Å². The van der Waals surface area contributed by atoms with Crippen LogP contribution in [0.4, 0.5) is 0 Å². The van der Waals surface area contributed by atoms with Crippen LogP contribution < -0.4 is 5.32 Å². The molecular formula is C64H99N5O10P+. The third kappa shape index (κ3) is 18.0. The van der Waals surface area contributed by atoms with Crippen LogP contribution in [0.2, 0.25) is 0 Å². The van der Waals surface area contributed by atoms with E-state index in [1.807, 2.05) is 34.1 Å². The minimum Gasteiger partial charge on any atom is -0.511 e. The molecule has 5 aliphatic heterocycles. The van der Waals surface area contributed by atoms with Crippen LogP contribution in [0.15, 0.2) is 106 Å². The number of aliphatic imine (C=N–C) groups is 3. The van der Waals surface area contributed by atoms with Crippen LogP contribution in [0.5, 0.6) is 0 Å². The van der Waals surface area contributed by atoms with Gasteiger partial charge in [-0.1, -0.05) is 124 Å². The van der Waals surface area contributed by atoms with Gasteiger partial charge in [-0.15, -0.1) is 0 Å². The van der Waals surface area contributed by atoms with Gasteiger partial charge in [0.15, 0.2) is 6.10 Å². The van der Waals surface area contributed by atoms with Gasteiger partial charge in [-0.05, 0) is 93.9 Å². The van der Waals surface area contributed by atoms with E-state index in [9.17, 15) is 19.3 Å². The van der Waals surface area contributed by atoms with Crippen LogP contribution in [-0.2, 0) is 41.9 Å². The van der Waals surface area contributed by atoms with Crippen LogP contribution in [0.3, 0.4) is 0 Å². The number of likely N-dealkylation sites (N-methyl/N-ethyl adjacent to an activating group) is 1. The predicted molar refractivity (Wildman–Crippen MR) is 321 cm³/mol. The smallest absolute Gasteiger partial charge is 0.474 e. The van der Waals surface area contributed by atoms with E-state index in [0.717, 1.165) is 130 Å². The van der Waals surface area contributed by atoms with Crippen LogP contribution in [0.25, 0.3) is 0 Å². The summed E-state index contributed by atoms with van der Waals surface area (Å²) in [5, 5.41) is 15.5. The first kappa shape index (κ1) is 64.7. The molecule has 1 saturated heterocycles. The summed E-state index contributed by atoms with van der Waals surface area (Å²) >= 11 is 0. The second-order valence-electron chi connectivity index (χ2n) is 23.7. The Hall–Kier alpha value is -4.50. The number of unbranched alkanes of at least 4 members (excludes halogenated alkanes) is 15. The number of fused-ring (bicyclic) bond motifs is 5. The molecule has 0 aromatic carbocycles. The molecule has 0 radical (unpaired) electrons. The SMILES string of the molecule is CCCCCCCCCCCCCCCC(=O)OCC(COP(=O)(OC)OCC[N+](C)(C)C)OC(=O)CCC1C2=C3CC(O)=C4C3=NC(=C4C)C=C3N=C(C=C4N=C(C=C(N2)C1C)C(C)=C4C(C)OCCCCCC)C(C)=C3CC. The molecule has 5 atom stereocenters. The van der Waals surface area contributed by atoms with Crippen LogP contribution >= 0.6 is 7.82 Å². The number of phosphoric acid groups is 1. The number of carbonyl (C=O) groups is 2. The zero-order valence-electron chi connectivity index (χ0n) is 51.0. The molecule has 0 spiro atoms. The van der Waals surface area contributed by atoms with Gasteiger partial charge in [-0.25, -0.2) is 19.5 Å². The minimum absolute atomic E-state index is 0.00488. The van der Waals surface area contributed by atoms with Crippen molar-refractivity contribution >= 4 is 36.9 Å². The maximum absolute atomic E-state index is 14.2. The average Bonchev–Trinajstić information content (AvgIpc) is 4.40. The number of allylic oxidation sites excluding steroid dienone is 11. The summed E-state index contributed by atoms with van der Waals surface area (Å²) in [5.74, 6) is -1.03. The lowest BCUT2D eigenvalue weighted by atomic mass is 9.86. The van der Waals surface area contributed by atoms with Crippen LogP contribution in [0.1, 0.15) is 197 Å². The summed E-state index contributed by atoms with van der Waals surface area (Å²) in [6, 6.07) is 0. The summed E-state index contributed by atoms with van der Waals surface area (Å²) in [4.78, 5) is 43.1. The summed E-state index contributed by atoms with van der Waals surface area (Å²) < 4.78 is 49.1. The summed E-state index contributed by atoms with van der Waals surface area (Å²) in [5.41, 5.74) is 13.4. The van der Waals surface area contributed by atoms with Crippen molar-refractivity contribution in [1.82, 2.24) is 5.32 Å². The fourth-order valence-corrected chi connectivity index (χ4v) is 12.4. The number of phosphoric ester groups is 1. The molecule has 2 N–H and O–H groups in total. The largest absolute Gasteiger partial charge is 0.511 e. The van der Waals surface area contributed by atoms with Crippen LogP contribution in [0, 0.1) is 11.8 Å². The molecule has 5 heterocycles. The van der Waals surface area contributed by atoms with E-state index in [1.54, 1.807) is 0 Å². The Morgan fingerprint density at radius 1 is 0.750 bits per heavy atom. The highest BCUT2D eigenvalue weighted by molar-refractivity contribution is 7.48. The zero-order chi connectivity index (χ0) is 58.0. The number of esters is 2. The van der Waals surface area contributed by atoms with E-state index < -0.39 is 25.9 Å². The van der Waals surface area contributed by atoms with Gasteiger partial charge in [0.05, 0.1) is 68.1 Å². The molecule has 8 bridgehead atoms. The van der Waals surface area contributed by atoms with Gasteiger partial charge in [0, 0.05) is 72.9 Å². The van der Waals surface area contributed by atoms with Gasteiger partial charge >= 0.3 is 19.8 Å². The number of ether oxygens (including phenoxy) is 3. The first-order valence-electron chi connectivity index (χ1n) is 30.5. The molecule has 0 amide bonds. The van der Waals surface area contributed by atoms with Crippen molar-refractivity contribution in [1.29, 1.82) is 0 Å². The normalized spacial score (nSPS) is 20.4. The average molecular weight is 1130 g/mol. The number of nitrogens with one attached hydrogen (secondary N) is 1. The van der Waals surface area contributed by atoms with E-state index in [-0.39, 0.29) is 62.8 Å². The molecule has 0 aromatic heterocycles. The summed E-state index contributed by atoms with van der Waals surface area (Å²) in [6.07, 6.45) is 26.7. The van der Waals surface area contributed by atoms with E-state index >= 15 is 0 Å². The second-order valence-corrected chi connectivity index (χ2v) is 25.5. The third-order valence-electron chi connectivity index (χ3n) is 16.4. The number of rotatable bonds is 36. The van der Waals surface area contributed by atoms with Gasteiger partial charge in [0.1, 0.15) is 25.5 Å². The molecule has 1 fully saturated rings. The monoisotopic (exact) mass is 1130 g/mol. The number of quaternary nitrogens is 1. The lowest BCUT2D eigenvalue weighted by Crippen LogP contribution is -2.37. The third-order valence-corrected chi connectivity index (χ3v) is 17.8. The van der Waals surface area contributed by atoms with Gasteiger partial charge < -0.3 is 29.1 Å².